The number of fused-ring (bicyclic) bond motifs is 1. The second-order valence-corrected chi connectivity index (χ2v) is 4.29. The minimum Gasteiger partial charge on any atom is -0.492 e. The first-order valence-corrected chi connectivity index (χ1v) is 6.35. The molecule has 0 aliphatic rings. The number of rotatable bonds is 3. The van der Waals surface area contributed by atoms with Crippen molar-refractivity contribution in [1.82, 2.24) is 15.2 Å². The number of benzene rings is 1. The van der Waals surface area contributed by atoms with Crippen molar-refractivity contribution in [2.75, 3.05) is 6.61 Å². The largest absolute Gasteiger partial charge is 0.492 e. The molecule has 0 saturated heterocycles. The molecule has 0 aliphatic carbocycles. The van der Waals surface area contributed by atoms with Crippen LogP contribution in [0, 0.1) is 0 Å². The third-order valence-electron chi connectivity index (χ3n) is 2.99. The van der Waals surface area contributed by atoms with Gasteiger partial charge in [-0.25, -0.2) is 5.10 Å². The van der Waals surface area contributed by atoms with E-state index in [9.17, 15) is 4.79 Å². The topological polar surface area (TPSA) is 67.9 Å². The fraction of sp³-hybridized carbons (Fsp3) is 0.133. The summed E-state index contributed by atoms with van der Waals surface area (Å²) in [6.07, 6.45) is 3.36. The zero-order valence-electron chi connectivity index (χ0n) is 11.0. The lowest BCUT2D eigenvalue weighted by molar-refractivity contribution is 0.339. The van der Waals surface area contributed by atoms with Gasteiger partial charge in [0, 0.05) is 17.1 Å². The fourth-order valence-corrected chi connectivity index (χ4v) is 2.13. The van der Waals surface area contributed by atoms with Gasteiger partial charge in [0.15, 0.2) is 0 Å². The van der Waals surface area contributed by atoms with Crippen LogP contribution in [0.3, 0.4) is 0 Å². The van der Waals surface area contributed by atoms with Crippen molar-refractivity contribution in [3.63, 3.8) is 0 Å². The Morgan fingerprint density at radius 1 is 1.20 bits per heavy atom. The summed E-state index contributed by atoms with van der Waals surface area (Å²) in [5, 5.41) is 8.07. The Morgan fingerprint density at radius 2 is 2.00 bits per heavy atom. The minimum atomic E-state index is -0.196. The molecule has 0 fully saturated rings. The third kappa shape index (κ3) is 2.14. The van der Waals surface area contributed by atoms with Crippen LogP contribution in [0.25, 0.3) is 22.0 Å². The van der Waals surface area contributed by atoms with Crippen LogP contribution in [-0.4, -0.2) is 21.8 Å². The van der Waals surface area contributed by atoms with Gasteiger partial charge in [-0.15, -0.1) is 0 Å². The zero-order chi connectivity index (χ0) is 13.9. The van der Waals surface area contributed by atoms with Crippen LogP contribution in [0.15, 0.2) is 47.5 Å². The molecule has 0 radical (unpaired) electrons. The lowest BCUT2D eigenvalue weighted by Gasteiger charge is -2.07. The molecule has 0 bridgehead atoms. The molecule has 2 aromatic heterocycles. The normalized spacial score (nSPS) is 10.7. The summed E-state index contributed by atoms with van der Waals surface area (Å²) in [6, 6.07) is 9.23. The van der Waals surface area contributed by atoms with E-state index < -0.39 is 0 Å². The number of pyridine rings is 1. The van der Waals surface area contributed by atoms with Crippen molar-refractivity contribution in [1.29, 1.82) is 0 Å². The molecule has 5 nitrogen and oxygen atoms in total. The number of aromatic amines is 1. The number of nitrogens with one attached hydrogen (secondary N) is 1. The summed E-state index contributed by atoms with van der Waals surface area (Å²) < 4.78 is 5.44. The average molecular weight is 267 g/mol. The maximum Gasteiger partial charge on any atom is 0.272 e. The first-order valence-electron chi connectivity index (χ1n) is 6.35. The highest BCUT2D eigenvalue weighted by Gasteiger charge is 2.09. The number of ether oxygens (including phenoxy) is 1. The number of H-pyrrole nitrogens is 1. The molecule has 1 N–H and O–H groups in total. The number of hydrogen-bond acceptors (Lipinski definition) is 4. The fourth-order valence-electron chi connectivity index (χ4n) is 2.13. The lowest BCUT2D eigenvalue weighted by Crippen LogP contribution is -2.09. The van der Waals surface area contributed by atoms with Gasteiger partial charge in [0.05, 0.1) is 18.2 Å². The summed E-state index contributed by atoms with van der Waals surface area (Å²) in [4.78, 5) is 15.9. The Hall–Kier alpha value is -2.69. The molecule has 0 saturated carbocycles. The maximum atomic E-state index is 11.8. The Bertz CT molecular complexity index is 811. The Kier molecular flexibility index (Phi) is 3.16. The third-order valence-corrected chi connectivity index (χ3v) is 2.99. The van der Waals surface area contributed by atoms with Crippen LogP contribution >= 0.6 is 0 Å². The first-order chi connectivity index (χ1) is 9.79. The summed E-state index contributed by atoms with van der Waals surface area (Å²) in [7, 11) is 0. The standard InChI is InChI=1S/C15H13N3O2/c1-2-20-11-7-10(8-16-9-11)14-12-5-3-4-6-13(12)15(19)18-17-14/h3-9H,2H2,1H3,(H,18,19). The highest BCUT2D eigenvalue weighted by molar-refractivity contribution is 5.93. The van der Waals surface area contributed by atoms with Gasteiger partial charge in [0.2, 0.25) is 0 Å². The summed E-state index contributed by atoms with van der Waals surface area (Å²) >= 11 is 0. The lowest BCUT2D eigenvalue weighted by atomic mass is 10.1. The zero-order valence-corrected chi connectivity index (χ0v) is 11.0. The Balaban J connectivity index is 2.22. The van der Waals surface area contributed by atoms with E-state index in [-0.39, 0.29) is 5.56 Å². The second-order valence-electron chi connectivity index (χ2n) is 4.29. The van der Waals surface area contributed by atoms with E-state index in [2.05, 4.69) is 15.2 Å². The number of aromatic nitrogens is 3. The predicted molar refractivity (Wildman–Crippen MR) is 76.8 cm³/mol. The van der Waals surface area contributed by atoms with Crippen LogP contribution < -0.4 is 10.3 Å². The Labute approximate surface area is 115 Å². The van der Waals surface area contributed by atoms with Gasteiger partial charge in [-0.2, -0.15) is 5.10 Å². The van der Waals surface area contributed by atoms with Crippen LogP contribution in [0.5, 0.6) is 5.75 Å². The highest BCUT2D eigenvalue weighted by atomic mass is 16.5. The van der Waals surface area contributed by atoms with E-state index in [4.69, 9.17) is 4.74 Å². The van der Waals surface area contributed by atoms with Gasteiger partial charge < -0.3 is 4.74 Å². The van der Waals surface area contributed by atoms with E-state index in [1.807, 2.05) is 31.2 Å². The minimum absolute atomic E-state index is 0.196. The molecular weight excluding hydrogens is 254 g/mol. The van der Waals surface area contributed by atoms with E-state index in [1.54, 1.807) is 18.5 Å². The smallest absolute Gasteiger partial charge is 0.272 e. The van der Waals surface area contributed by atoms with Gasteiger partial charge in [-0.1, -0.05) is 18.2 Å². The molecule has 3 rings (SSSR count). The highest BCUT2D eigenvalue weighted by Crippen LogP contribution is 2.25. The molecule has 2 heterocycles. The van der Waals surface area contributed by atoms with Crippen molar-refractivity contribution in [3.05, 3.63) is 53.1 Å². The number of nitrogens with zero attached hydrogens (tertiary/aromatic N) is 2. The average Bonchev–Trinajstić information content (AvgIpc) is 2.49. The summed E-state index contributed by atoms with van der Waals surface area (Å²) in [5.41, 5.74) is 1.30. The summed E-state index contributed by atoms with van der Waals surface area (Å²) in [5.74, 6) is 0.682. The van der Waals surface area contributed by atoms with Crippen molar-refractivity contribution in [2.45, 2.75) is 6.92 Å². The quantitative estimate of drug-likeness (QED) is 0.791. The van der Waals surface area contributed by atoms with Crippen LogP contribution in [0.2, 0.25) is 0 Å². The molecule has 0 aliphatic heterocycles. The van der Waals surface area contributed by atoms with Crippen molar-refractivity contribution < 1.29 is 4.74 Å². The molecule has 3 aromatic rings. The monoisotopic (exact) mass is 267 g/mol. The van der Waals surface area contributed by atoms with E-state index in [1.165, 1.54) is 0 Å². The van der Waals surface area contributed by atoms with Crippen LogP contribution in [0.1, 0.15) is 6.92 Å². The van der Waals surface area contributed by atoms with E-state index >= 15 is 0 Å². The molecule has 0 unspecified atom stereocenters. The van der Waals surface area contributed by atoms with Gasteiger partial charge in [0.1, 0.15) is 11.4 Å². The number of hydrogen-bond donors (Lipinski definition) is 1. The molecule has 5 heteroatoms. The molecule has 100 valence electrons. The van der Waals surface area contributed by atoms with Gasteiger partial charge in [-0.3, -0.25) is 9.78 Å². The van der Waals surface area contributed by atoms with Crippen molar-refractivity contribution >= 4 is 10.8 Å². The van der Waals surface area contributed by atoms with E-state index in [0.29, 0.717) is 23.4 Å². The van der Waals surface area contributed by atoms with Crippen LogP contribution in [-0.2, 0) is 0 Å². The van der Waals surface area contributed by atoms with E-state index in [0.717, 1.165) is 10.9 Å². The molecule has 1 aromatic carbocycles. The molecular formula is C15H13N3O2. The molecule has 0 amide bonds. The Morgan fingerprint density at radius 3 is 2.80 bits per heavy atom. The molecule has 20 heavy (non-hydrogen) atoms. The maximum absolute atomic E-state index is 11.8. The molecule has 0 spiro atoms. The second kappa shape index (κ2) is 5.13. The predicted octanol–water partition coefficient (Wildman–Crippen LogP) is 2.38. The van der Waals surface area contributed by atoms with Gasteiger partial charge in [-0.05, 0) is 19.1 Å². The van der Waals surface area contributed by atoms with Crippen molar-refractivity contribution in [3.8, 4) is 17.0 Å². The van der Waals surface area contributed by atoms with Gasteiger partial charge in [0.25, 0.3) is 5.56 Å². The SMILES string of the molecule is CCOc1cncc(-c2n[nH]c(=O)c3ccccc23)c1. The first kappa shape index (κ1) is 12.3. The van der Waals surface area contributed by atoms with Crippen molar-refractivity contribution in [2.24, 2.45) is 0 Å². The van der Waals surface area contributed by atoms with Gasteiger partial charge >= 0.3 is 0 Å². The molecule has 0 atom stereocenters. The summed E-state index contributed by atoms with van der Waals surface area (Å²) in [6.45, 7) is 2.49. The van der Waals surface area contributed by atoms with Crippen LogP contribution in [0.4, 0.5) is 0 Å².